The summed E-state index contributed by atoms with van der Waals surface area (Å²) < 4.78 is 3.03. The van der Waals surface area contributed by atoms with Crippen LogP contribution in [0.1, 0.15) is 17.3 Å². The van der Waals surface area contributed by atoms with E-state index in [-0.39, 0.29) is 11.5 Å². The molecule has 4 heteroatoms. The number of hydrogen-bond acceptors (Lipinski definition) is 2. The quantitative estimate of drug-likeness (QED) is 0.712. The minimum absolute atomic E-state index is 0.0203. The first-order chi connectivity index (χ1) is 7.59. The number of rotatable bonds is 2. The molecule has 2 rings (SSSR count). The van der Waals surface area contributed by atoms with E-state index in [2.05, 4.69) is 0 Å². The molecule has 1 heterocycles. The van der Waals surface area contributed by atoms with Crippen molar-refractivity contribution < 1.29 is 4.79 Å². The molecule has 0 N–H and O–H groups in total. The maximum Gasteiger partial charge on any atom is 0.332 e. The van der Waals surface area contributed by atoms with Crippen LogP contribution in [0.5, 0.6) is 0 Å². The van der Waals surface area contributed by atoms with E-state index in [9.17, 15) is 9.59 Å². The third kappa shape index (κ3) is 1.69. The first kappa shape index (κ1) is 10.4. The molecule has 1 aromatic carbocycles. The lowest BCUT2D eigenvalue weighted by Gasteiger charge is -2.01. The Kier molecular flexibility index (Phi) is 2.48. The highest BCUT2D eigenvalue weighted by Gasteiger charge is 2.03. The van der Waals surface area contributed by atoms with Gasteiger partial charge in [0.15, 0.2) is 5.78 Å². The van der Waals surface area contributed by atoms with Crippen LogP contribution in [0.25, 0.3) is 5.69 Å². The van der Waals surface area contributed by atoms with Gasteiger partial charge in [0.2, 0.25) is 0 Å². The van der Waals surface area contributed by atoms with E-state index in [4.69, 9.17) is 0 Å². The van der Waals surface area contributed by atoms with Gasteiger partial charge in [-0.3, -0.25) is 9.36 Å². The van der Waals surface area contributed by atoms with E-state index >= 15 is 0 Å². The molecule has 0 saturated carbocycles. The molecule has 0 amide bonds. The minimum atomic E-state index is -0.101. The average molecular weight is 216 g/mol. The van der Waals surface area contributed by atoms with Crippen LogP contribution in [0.3, 0.4) is 0 Å². The Morgan fingerprint density at radius 2 is 1.75 bits per heavy atom. The number of imidazole rings is 1. The van der Waals surface area contributed by atoms with Crippen molar-refractivity contribution in [3.8, 4) is 5.69 Å². The van der Waals surface area contributed by atoms with Gasteiger partial charge in [-0.2, -0.15) is 0 Å². The number of hydrogen-bond donors (Lipinski definition) is 0. The highest BCUT2D eigenvalue weighted by molar-refractivity contribution is 5.94. The number of Topliss-reactive ketones (excluding diaryl/α,β-unsaturated/α-hetero) is 1. The molecule has 0 bridgehead atoms. The third-order valence-corrected chi connectivity index (χ3v) is 2.50. The topological polar surface area (TPSA) is 44.0 Å². The van der Waals surface area contributed by atoms with Gasteiger partial charge in [0, 0.05) is 25.0 Å². The first-order valence-electron chi connectivity index (χ1n) is 4.95. The van der Waals surface area contributed by atoms with Crippen LogP contribution in [0, 0.1) is 0 Å². The Hall–Kier alpha value is -2.10. The first-order valence-corrected chi connectivity index (χ1v) is 4.95. The SMILES string of the molecule is CC(=O)c1ccc(-n2ccn(C)c2=O)cc1. The van der Waals surface area contributed by atoms with Crippen molar-refractivity contribution in [3.63, 3.8) is 0 Å². The summed E-state index contributed by atoms with van der Waals surface area (Å²) in [5.74, 6) is 0.0203. The van der Waals surface area contributed by atoms with Crippen molar-refractivity contribution in [1.29, 1.82) is 0 Å². The number of aromatic nitrogens is 2. The molecular weight excluding hydrogens is 204 g/mol. The van der Waals surface area contributed by atoms with E-state index < -0.39 is 0 Å². The van der Waals surface area contributed by atoms with Crippen LogP contribution < -0.4 is 5.69 Å². The normalized spacial score (nSPS) is 10.4. The second-order valence-electron chi connectivity index (χ2n) is 3.66. The summed E-state index contributed by atoms with van der Waals surface area (Å²) in [7, 11) is 1.70. The smallest absolute Gasteiger partial charge is 0.302 e. The molecule has 0 radical (unpaired) electrons. The van der Waals surface area contributed by atoms with E-state index in [0.717, 1.165) is 5.69 Å². The van der Waals surface area contributed by atoms with Crippen LogP contribution in [-0.4, -0.2) is 14.9 Å². The van der Waals surface area contributed by atoms with Crippen molar-refractivity contribution in [3.05, 3.63) is 52.7 Å². The highest BCUT2D eigenvalue weighted by atomic mass is 16.1. The van der Waals surface area contributed by atoms with E-state index in [1.807, 2.05) is 0 Å². The van der Waals surface area contributed by atoms with Crippen LogP contribution in [0.15, 0.2) is 41.5 Å². The zero-order valence-corrected chi connectivity index (χ0v) is 9.18. The van der Waals surface area contributed by atoms with Crippen LogP contribution in [-0.2, 0) is 7.05 Å². The van der Waals surface area contributed by atoms with E-state index in [1.54, 1.807) is 43.7 Å². The molecule has 0 spiro atoms. The van der Waals surface area contributed by atoms with Crippen molar-refractivity contribution >= 4 is 5.78 Å². The minimum Gasteiger partial charge on any atom is -0.302 e. The predicted octanol–water partition coefficient (Wildman–Crippen LogP) is 1.38. The standard InChI is InChI=1S/C12H12N2O2/c1-9(15)10-3-5-11(6-4-10)14-8-7-13(2)12(14)16/h3-8H,1-2H3. The largest absolute Gasteiger partial charge is 0.332 e. The zero-order chi connectivity index (χ0) is 11.7. The van der Waals surface area contributed by atoms with Gasteiger partial charge in [-0.15, -0.1) is 0 Å². The summed E-state index contributed by atoms with van der Waals surface area (Å²) in [6, 6.07) is 6.96. The van der Waals surface area contributed by atoms with Gasteiger partial charge in [0.1, 0.15) is 0 Å². The van der Waals surface area contributed by atoms with Gasteiger partial charge in [0.05, 0.1) is 5.69 Å². The molecule has 16 heavy (non-hydrogen) atoms. The van der Waals surface area contributed by atoms with E-state index in [1.165, 1.54) is 16.1 Å². The van der Waals surface area contributed by atoms with Crippen molar-refractivity contribution in [2.45, 2.75) is 6.92 Å². The lowest BCUT2D eigenvalue weighted by molar-refractivity contribution is 0.101. The van der Waals surface area contributed by atoms with Crippen molar-refractivity contribution in [2.24, 2.45) is 7.05 Å². The molecule has 0 atom stereocenters. The fourth-order valence-corrected chi connectivity index (χ4v) is 1.52. The Morgan fingerprint density at radius 3 is 2.19 bits per heavy atom. The Bertz CT molecular complexity index is 576. The molecule has 82 valence electrons. The third-order valence-electron chi connectivity index (χ3n) is 2.50. The van der Waals surface area contributed by atoms with Crippen LogP contribution in [0.4, 0.5) is 0 Å². The molecule has 0 aliphatic rings. The van der Waals surface area contributed by atoms with Gasteiger partial charge in [-0.1, -0.05) is 0 Å². The lowest BCUT2D eigenvalue weighted by Crippen LogP contribution is -2.20. The lowest BCUT2D eigenvalue weighted by atomic mass is 10.1. The number of benzene rings is 1. The van der Waals surface area contributed by atoms with Gasteiger partial charge < -0.3 is 4.57 Å². The Morgan fingerprint density at radius 1 is 1.12 bits per heavy atom. The second-order valence-corrected chi connectivity index (χ2v) is 3.66. The average Bonchev–Trinajstić information content (AvgIpc) is 2.60. The summed E-state index contributed by atoms with van der Waals surface area (Å²) in [6.45, 7) is 1.52. The number of ketones is 1. The number of nitrogens with zero attached hydrogens (tertiary/aromatic N) is 2. The zero-order valence-electron chi connectivity index (χ0n) is 9.18. The van der Waals surface area contributed by atoms with Crippen LogP contribution >= 0.6 is 0 Å². The van der Waals surface area contributed by atoms with Gasteiger partial charge in [-0.05, 0) is 31.2 Å². The molecule has 0 unspecified atom stereocenters. The summed E-state index contributed by atoms with van der Waals surface area (Å²) in [5, 5.41) is 0. The highest BCUT2D eigenvalue weighted by Crippen LogP contribution is 2.08. The van der Waals surface area contributed by atoms with Crippen molar-refractivity contribution in [2.75, 3.05) is 0 Å². The van der Waals surface area contributed by atoms with Gasteiger partial charge in [0.25, 0.3) is 0 Å². The monoisotopic (exact) mass is 216 g/mol. The van der Waals surface area contributed by atoms with Gasteiger partial charge in [-0.25, -0.2) is 4.79 Å². The summed E-state index contributed by atoms with van der Waals surface area (Å²) in [4.78, 5) is 22.7. The predicted molar refractivity (Wildman–Crippen MR) is 61.0 cm³/mol. The molecule has 0 saturated heterocycles. The van der Waals surface area contributed by atoms with Crippen molar-refractivity contribution in [1.82, 2.24) is 9.13 Å². The maximum absolute atomic E-state index is 11.6. The summed E-state index contributed by atoms with van der Waals surface area (Å²) in [5.41, 5.74) is 1.30. The maximum atomic E-state index is 11.6. The number of carbonyl (C=O) groups is 1. The Balaban J connectivity index is 2.46. The fraction of sp³-hybridized carbons (Fsp3) is 0.167. The summed E-state index contributed by atoms with van der Waals surface area (Å²) in [6.07, 6.45) is 3.40. The van der Waals surface area contributed by atoms with Gasteiger partial charge >= 0.3 is 5.69 Å². The number of carbonyl (C=O) groups excluding carboxylic acids is 1. The molecule has 0 fully saturated rings. The molecule has 0 aliphatic carbocycles. The van der Waals surface area contributed by atoms with E-state index in [0.29, 0.717) is 5.56 Å². The molecule has 2 aromatic rings. The number of aryl methyl sites for hydroxylation is 1. The summed E-state index contributed by atoms with van der Waals surface area (Å²) >= 11 is 0. The molecule has 1 aromatic heterocycles. The molecule has 0 aliphatic heterocycles. The molecule has 4 nitrogen and oxygen atoms in total. The Labute approximate surface area is 92.8 Å². The fourth-order valence-electron chi connectivity index (χ4n) is 1.52. The second kappa shape index (κ2) is 3.81. The van der Waals surface area contributed by atoms with Crippen LogP contribution in [0.2, 0.25) is 0 Å². The molecular formula is C12H12N2O2.